The van der Waals surface area contributed by atoms with Crippen LogP contribution in [-0.4, -0.2) is 19.1 Å². The van der Waals surface area contributed by atoms with E-state index in [-0.39, 0.29) is 0 Å². The van der Waals surface area contributed by atoms with Gasteiger partial charge in [-0.15, -0.1) is 0 Å². The molecular formula is C25H24ClNO3. The Morgan fingerprint density at radius 1 is 1.10 bits per heavy atom. The Labute approximate surface area is 182 Å². The fraction of sp³-hybridized carbons (Fsp3) is 0.240. The Morgan fingerprint density at radius 2 is 1.90 bits per heavy atom. The van der Waals surface area contributed by atoms with Crippen molar-refractivity contribution in [2.24, 2.45) is 0 Å². The molecule has 4 rings (SSSR count). The lowest BCUT2D eigenvalue weighted by molar-refractivity contribution is 0.0526. The number of benzene rings is 3. The summed E-state index contributed by atoms with van der Waals surface area (Å²) in [5, 5.41) is 0.375. The molecule has 0 bridgehead atoms. The van der Waals surface area contributed by atoms with Crippen LogP contribution in [0.5, 0.6) is 11.5 Å². The first-order valence-electron chi connectivity index (χ1n) is 10.2. The third kappa shape index (κ3) is 4.14. The second kappa shape index (κ2) is 8.80. The zero-order valence-corrected chi connectivity index (χ0v) is 17.9. The minimum absolute atomic E-state index is 0.309. The maximum atomic E-state index is 11.9. The predicted octanol–water partition coefficient (Wildman–Crippen LogP) is 6.43. The molecule has 0 amide bonds. The van der Waals surface area contributed by atoms with Gasteiger partial charge in [-0.25, -0.2) is 4.79 Å². The van der Waals surface area contributed by atoms with Crippen molar-refractivity contribution in [3.05, 3.63) is 88.4 Å². The van der Waals surface area contributed by atoms with Crippen molar-refractivity contribution in [2.45, 2.75) is 26.3 Å². The first-order valence-corrected chi connectivity index (χ1v) is 10.5. The first-order chi connectivity index (χ1) is 14.6. The van der Waals surface area contributed by atoms with Crippen LogP contribution in [0, 0.1) is 0 Å². The normalized spacial score (nSPS) is 13.6. The van der Waals surface area contributed by atoms with E-state index in [1.807, 2.05) is 12.1 Å². The lowest BCUT2D eigenvalue weighted by atomic mass is 10.1. The summed E-state index contributed by atoms with van der Waals surface area (Å²) in [6, 6.07) is 21.9. The standard InChI is InChI=1S/C25H24ClNO3/c1-3-29-25(28)20-9-12-24(22(26)16-20)30-21-10-11-23-19(15-21)13-14-27(23)17(2)18-7-5-4-6-8-18/h4-12,15-17H,3,13-14H2,1-2H3. The number of nitrogens with zero attached hydrogens (tertiary/aromatic N) is 1. The largest absolute Gasteiger partial charge is 0.462 e. The van der Waals surface area contributed by atoms with Gasteiger partial charge in [-0.3, -0.25) is 0 Å². The van der Waals surface area contributed by atoms with Crippen molar-refractivity contribution in [2.75, 3.05) is 18.1 Å². The molecule has 0 aromatic heterocycles. The molecule has 4 nitrogen and oxygen atoms in total. The van der Waals surface area contributed by atoms with Gasteiger partial charge in [-0.2, -0.15) is 0 Å². The maximum absolute atomic E-state index is 11.9. The van der Waals surface area contributed by atoms with E-state index in [1.165, 1.54) is 16.8 Å². The Balaban J connectivity index is 1.51. The third-order valence-electron chi connectivity index (χ3n) is 5.40. The second-order valence-electron chi connectivity index (χ2n) is 7.29. The van der Waals surface area contributed by atoms with E-state index >= 15 is 0 Å². The summed E-state index contributed by atoms with van der Waals surface area (Å²) in [6.45, 7) is 5.31. The van der Waals surface area contributed by atoms with Gasteiger partial charge < -0.3 is 14.4 Å². The lowest BCUT2D eigenvalue weighted by Crippen LogP contribution is -2.24. The molecule has 1 atom stereocenters. The average Bonchev–Trinajstić information content (AvgIpc) is 3.18. The molecule has 3 aromatic rings. The van der Waals surface area contributed by atoms with Crippen molar-refractivity contribution in [1.29, 1.82) is 0 Å². The highest BCUT2D eigenvalue weighted by Crippen LogP contribution is 2.38. The Morgan fingerprint density at radius 3 is 2.63 bits per heavy atom. The Hall–Kier alpha value is -2.98. The SMILES string of the molecule is CCOC(=O)c1ccc(Oc2ccc3c(c2)CCN3C(C)c2ccccc2)c(Cl)c1. The van der Waals surface area contributed by atoms with Crippen LogP contribution in [0.3, 0.4) is 0 Å². The highest BCUT2D eigenvalue weighted by molar-refractivity contribution is 6.32. The van der Waals surface area contributed by atoms with Crippen molar-refractivity contribution < 1.29 is 14.3 Å². The van der Waals surface area contributed by atoms with Gasteiger partial charge in [0.05, 0.1) is 23.2 Å². The smallest absolute Gasteiger partial charge is 0.338 e. The van der Waals surface area contributed by atoms with Gasteiger partial charge in [0, 0.05) is 12.2 Å². The molecule has 154 valence electrons. The number of hydrogen-bond donors (Lipinski definition) is 0. The van der Waals surface area contributed by atoms with Crippen LogP contribution in [0.2, 0.25) is 5.02 Å². The summed E-state index contributed by atoms with van der Waals surface area (Å²) in [5.41, 5.74) is 4.21. The quantitative estimate of drug-likeness (QED) is 0.430. The molecule has 1 unspecified atom stereocenters. The molecule has 0 fully saturated rings. The molecule has 0 saturated carbocycles. The van der Waals surface area contributed by atoms with E-state index in [4.69, 9.17) is 21.1 Å². The van der Waals surface area contributed by atoms with Crippen LogP contribution in [0.1, 0.15) is 41.4 Å². The predicted molar refractivity (Wildman–Crippen MR) is 120 cm³/mol. The number of carbonyl (C=O) groups is 1. The summed E-state index contributed by atoms with van der Waals surface area (Å²) < 4.78 is 11.0. The zero-order chi connectivity index (χ0) is 21.1. The Kier molecular flexibility index (Phi) is 5.96. The molecule has 0 radical (unpaired) electrons. The van der Waals surface area contributed by atoms with Gasteiger partial charge in [0.1, 0.15) is 11.5 Å². The average molecular weight is 422 g/mol. The van der Waals surface area contributed by atoms with E-state index in [0.29, 0.717) is 29.0 Å². The van der Waals surface area contributed by atoms with Crippen molar-refractivity contribution in [3.8, 4) is 11.5 Å². The van der Waals surface area contributed by atoms with E-state index < -0.39 is 5.97 Å². The number of fused-ring (bicyclic) bond motifs is 1. The zero-order valence-electron chi connectivity index (χ0n) is 17.1. The summed E-state index contributed by atoms with van der Waals surface area (Å²) in [7, 11) is 0. The summed E-state index contributed by atoms with van der Waals surface area (Å²) >= 11 is 6.33. The fourth-order valence-corrected chi connectivity index (χ4v) is 4.05. The maximum Gasteiger partial charge on any atom is 0.338 e. The van der Waals surface area contributed by atoms with Gasteiger partial charge >= 0.3 is 5.97 Å². The summed E-state index contributed by atoms with van der Waals surface area (Å²) in [4.78, 5) is 14.3. The molecule has 0 spiro atoms. The minimum Gasteiger partial charge on any atom is -0.462 e. The number of halogens is 1. The van der Waals surface area contributed by atoms with Crippen LogP contribution >= 0.6 is 11.6 Å². The summed E-state index contributed by atoms with van der Waals surface area (Å²) in [6.07, 6.45) is 0.971. The number of carbonyl (C=O) groups excluding carboxylic acids is 1. The minimum atomic E-state index is -0.392. The second-order valence-corrected chi connectivity index (χ2v) is 7.70. The molecule has 3 aromatic carbocycles. The molecule has 5 heteroatoms. The molecule has 0 aliphatic carbocycles. The number of hydrogen-bond acceptors (Lipinski definition) is 4. The van der Waals surface area contributed by atoms with E-state index in [9.17, 15) is 4.79 Å². The van der Waals surface area contributed by atoms with Crippen LogP contribution < -0.4 is 9.64 Å². The van der Waals surface area contributed by atoms with Crippen molar-refractivity contribution in [3.63, 3.8) is 0 Å². The number of rotatable bonds is 6. The van der Waals surface area contributed by atoms with Gasteiger partial charge in [0.25, 0.3) is 0 Å². The van der Waals surface area contributed by atoms with Gasteiger partial charge in [-0.05, 0) is 67.8 Å². The Bertz CT molecular complexity index is 1050. The van der Waals surface area contributed by atoms with E-state index in [2.05, 4.69) is 48.2 Å². The number of esters is 1. The van der Waals surface area contributed by atoms with Gasteiger partial charge in [0.2, 0.25) is 0 Å². The van der Waals surface area contributed by atoms with Gasteiger partial charge in [0.15, 0.2) is 0 Å². The van der Waals surface area contributed by atoms with E-state index in [0.717, 1.165) is 18.7 Å². The molecular weight excluding hydrogens is 398 g/mol. The van der Waals surface area contributed by atoms with Crippen molar-refractivity contribution >= 4 is 23.3 Å². The molecule has 1 heterocycles. The fourth-order valence-electron chi connectivity index (χ4n) is 3.83. The summed E-state index contributed by atoms with van der Waals surface area (Å²) in [5.74, 6) is 0.849. The highest BCUT2D eigenvalue weighted by atomic mass is 35.5. The number of anilines is 1. The van der Waals surface area contributed by atoms with Crippen LogP contribution in [0.15, 0.2) is 66.7 Å². The molecule has 0 saturated heterocycles. The van der Waals surface area contributed by atoms with Crippen LogP contribution in [0.4, 0.5) is 5.69 Å². The van der Waals surface area contributed by atoms with Crippen molar-refractivity contribution in [1.82, 2.24) is 0 Å². The molecule has 1 aliphatic heterocycles. The van der Waals surface area contributed by atoms with Crippen LogP contribution in [-0.2, 0) is 11.2 Å². The molecule has 0 N–H and O–H groups in total. The topological polar surface area (TPSA) is 38.8 Å². The molecule has 30 heavy (non-hydrogen) atoms. The monoisotopic (exact) mass is 421 g/mol. The third-order valence-corrected chi connectivity index (χ3v) is 5.70. The van der Waals surface area contributed by atoms with Crippen LogP contribution in [0.25, 0.3) is 0 Å². The lowest BCUT2D eigenvalue weighted by Gasteiger charge is -2.27. The first kappa shape index (κ1) is 20.3. The molecule has 1 aliphatic rings. The van der Waals surface area contributed by atoms with E-state index in [1.54, 1.807) is 25.1 Å². The number of ether oxygens (including phenoxy) is 2. The van der Waals surface area contributed by atoms with Gasteiger partial charge in [-0.1, -0.05) is 41.9 Å². The highest BCUT2D eigenvalue weighted by Gasteiger charge is 2.25.